The van der Waals surface area contributed by atoms with Gasteiger partial charge in [-0.15, -0.1) is 0 Å². The van der Waals surface area contributed by atoms with Crippen LogP contribution in [0.4, 0.5) is 4.79 Å². The van der Waals surface area contributed by atoms with Gasteiger partial charge in [0.25, 0.3) is 0 Å². The monoisotopic (exact) mass is 484 g/mol. The van der Waals surface area contributed by atoms with Crippen molar-refractivity contribution in [1.82, 2.24) is 5.32 Å². The summed E-state index contributed by atoms with van der Waals surface area (Å²) in [7, 11) is -16.8. The molecule has 7 atom stereocenters. The molecule has 29 heavy (non-hydrogen) atoms. The molecule has 7 N–H and O–H groups in total. The average molecular weight is 484 g/mol. The Bertz CT molecular complexity index is 839. The largest absolute Gasteiger partial charge is 0.490 e. The fourth-order valence-electron chi connectivity index (χ4n) is 2.35. The van der Waals surface area contributed by atoms with E-state index >= 15 is 0 Å². The first-order chi connectivity index (χ1) is 13.1. The van der Waals surface area contributed by atoms with Gasteiger partial charge in [0, 0.05) is 6.21 Å². The van der Waals surface area contributed by atoms with E-state index in [1.54, 1.807) is 0 Å². The number of carbonyl (C=O) groups excluding carboxylic acids is 2. The SMILES string of the molecule is O=C1N=CC(C2OC(COP(=O)(O)OP(=O)(O)OP(=O)(O)O)C(O)C2O)C(=O)N1. The Labute approximate surface area is 160 Å². The van der Waals surface area contributed by atoms with E-state index in [4.69, 9.17) is 19.4 Å². The molecule has 2 aliphatic heterocycles. The first-order valence-corrected chi connectivity index (χ1v) is 11.8. The summed E-state index contributed by atoms with van der Waals surface area (Å²) < 4.78 is 49.9. The third kappa shape index (κ3) is 6.80. The number of hydrogen-bond donors (Lipinski definition) is 7. The van der Waals surface area contributed by atoms with Crippen LogP contribution in [0.15, 0.2) is 4.99 Å². The normalized spacial score (nSPS) is 34.5. The number of nitrogens with zero attached hydrogens (tertiary/aromatic N) is 1. The van der Waals surface area contributed by atoms with Gasteiger partial charge in [0.1, 0.15) is 30.3 Å². The van der Waals surface area contributed by atoms with E-state index in [0.717, 1.165) is 6.21 Å². The molecule has 20 heteroatoms. The molecule has 0 radical (unpaired) electrons. The predicted molar refractivity (Wildman–Crippen MR) is 86.0 cm³/mol. The number of nitrogens with one attached hydrogen (secondary N) is 1. The molecule has 0 aliphatic carbocycles. The number of aliphatic imine (C=N–C) groups is 1. The van der Waals surface area contributed by atoms with Gasteiger partial charge < -0.3 is 34.5 Å². The highest BCUT2D eigenvalue weighted by atomic mass is 31.3. The van der Waals surface area contributed by atoms with E-state index in [9.17, 15) is 38.4 Å². The molecular formula is C9H15N2O15P3. The van der Waals surface area contributed by atoms with Crippen LogP contribution in [-0.4, -0.2) is 79.0 Å². The number of imide groups is 1. The number of aliphatic hydroxyl groups is 2. The van der Waals surface area contributed by atoms with Crippen LogP contribution in [-0.2, 0) is 36.4 Å². The van der Waals surface area contributed by atoms with Crippen molar-refractivity contribution in [3.05, 3.63) is 0 Å². The number of carbonyl (C=O) groups is 2. The van der Waals surface area contributed by atoms with Crippen molar-refractivity contribution in [3.8, 4) is 0 Å². The first-order valence-electron chi connectivity index (χ1n) is 7.29. The average Bonchev–Trinajstić information content (AvgIpc) is 2.78. The zero-order chi connectivity index (χ0) is 22.2. The molecule has 166 valence electrons. The van der Waals surface area contributed by atoms with Gasteiger partial charge in [0.15, 0.2) is 0 Å². The van der Waals surface area contributed by atoms with Crippen LogP contribution in [0.2, 0.25) is 0 Å². The van der Waals surface area contributed by atoms with Crippen LogP contribution in [0.3, 0.4) is 0 Å². The molecular weight excluding hydrogens is 469 g/mol. The molecule has 2 heterocycles. The third-order valence-electron chi connectivity index (χ3n) is 3.46. The quantitative estimate of drug-likeness (QED) is 0.179. The van der Waals surface area contributed by atoms with E-state index in [-0.39, 0.29) is 0 Å². The Kier molecular flexibility index (Phi) is 7.30. The summed E-state index contributed by atoms with van der Waals surface area (Å²) in [6, 6.07) is -0.955. The van der Waals surface area contributed by atoms with Gasteiger partial charge >= 0.3 is 29.5 Å². The lowest BCUT2D eigenvalue weighted by Crippen LogP contribution is -2.48. The zero-order valence-electron chi connectivity index (χ0n) is 13.8. The van der Waals surface area contributed by atoms with Crippen LogP contribution >= 0.6 is 23.5 Å². The van der Waals surface area contributed by atoms with Gasteiger partial charge in [-0.3, -0.25) is 14.6 Å². The standard InChI is InChI=1S/C9H15N2O15P3/c12-5-4(2-23-28(19,20)26-29(21,22)25-27(16,17)18)24-7(6(5)13)3-1-10-9(15)11-8(3)14/h1,3-7,12-13H,2H2,(H,19,20)(H,21,22)(H,11,14,15)(H2,16,17,18). The molecule has 0 aromatic heterocycles. The lowest BCUT2D eigenvalue weighted by molar-refractivity contribution is -0.128. The van der Waals surface area contributed by atoms with E-state index in [1.807, 2.05) is 5.32 Å². The highest BCUT2D eigenvalue weighted by Crippen LogP contribution is 2.66. The molecule has 7 unspecified atom stereocenters. The fraction of sp³-hybridized carbons (Fsp3) is 0.667. The second-order valence-electron chi connectivity index (χ2n) is 5.61. The molecule has 1 fully saturated rings. The van der Waals surface area contributed by atoms with Crippen molar-refractivity contribution in [2.75, 3.05) is 6.61 Å². The number of aliphatic hydroxyl groups excluding tert-OH is 2. The van der Waals surface area contributed by atoms with Crippen molar-refractivity contribution in [1.29, 1.82) is 0 Å². The number of phosphoric acid groups is 3. The van der Waals surface area contributed by atoms with Gasteiger partial charge in [-0.25, -0.2) is 23.5 Å². The highest BCUT2D eigenvalue weighted by Gasteiger charge is 2.50. The van der Waals surface area contributed by atoms with Crippen LogP contribution in [0.25, 0.3) is 0 Å². The molecule has 0 spiro atoms. The van der Waals surface area contributed by atoms with Gasteiger partial charge in [-0.2, -0.15) is 8.62 Å². The van der Waals surface area contributed by atoms with Crippen LogP contribution in [0.1, 0.15) is 0 Å². The van der Waals surface area contributed by atoms with Crippen LogP contribution < -0.4 is 5.32 Å². The van der Waals surface area contributed by atoms with Crippen LogP contribution in [0, 0.1) is 5.92 Å². The van der Waals surface area contributed by atoms with E-state index in [0.29, 0.717) is 0 Å². The molecule has 0 bridgehead atoms. The summed E-state index contributed by atoms with van der Waals surface area (Å²) in [6.07, 6.45) is -5.62. The summed E-state index contributed by atoms with van der Waals surface area (Å²) in [6.45, 7) is -1.04. The predicted octanol–water partition coefficient (Wildman–Crippen LogP) is -2.24. The summed E-state index contributed by atoms with van der Waals surface area (Å²) >= 11 is 0. The molecule has 0 aromatic rings. The van der Waals surface area contributed by atoms with Crippen molar-refractivity contribution in [2.24, 2.45) is 10.9 Å². The number of rotatable bonds is 8. The van der Waals surface area contributed by atoms with Gasteiger partial charge in [-0.1, -0.05) is 0 Å². The summed E-state index contributed by atoms with van der Waals surface area (Å²) in [4.78, 5) is 61.3. The summed E-state index contributed by atoms with van der Waals surface area (Å²) in [5, 5.41) is 21.8. The summed E-state index contributed by atoms with van der Waals surface area (Å²) in [5.74, 6) is -2.19. The number of amides is 3. The van der Waals surface area contributed by atoms with E-state index in [1.165, 1.54) is 0 Å². The van der Waals surface area contributed by atoms with Crippen molar-refractivity contribution in [3.63, 3.8) is 0 Å². The Morgan fingerprint density at radius 2 is 1.66 bits per heavy atom. The number of urea groups is 1. The maximum absolute atomic E-state index is 11.8. The van der Waals surface area contributed by atoms with Gasteiger partial charge in [0.05, 0.1) is 6.61 Å². The minimum atomic E-state index is -5.73. The van der Waals surface area contributed by atoms with Crippen molar-refractivity contribution >= 4 is 41.6 Å². The van der Waals surface area contributed by atoms with Gasteiger partial charge in [-0.05, 0) is 0 Å². The fourth-order valence-corrected chi connectivity index (χ4v) is 5.38. The van der Waals surface area contributed by atoms with Gasteiger partial charge in [0.2, 0.25) is 5.91 Å². The van der Waals surface area contributed by atoms with Crippen molar-refractivity contribution < 1.29 is 71.0 Å². The van der Waals surface area contributed by atoms with E-state index in [2.05, 4.69) is 18.1 Å². The second-order valence-corrected chi connectivity index (χ2v) is 10.0. The molecule has 3 amide bonds. The maximum atomic E-state index is 11.8. The Hall–Kier alpha value is -0.900. The molecule has 0 aromatic carbocycles. The second kappa shape index (κ2) is 8.69. The van der Waals surface area contributed by atoms with E-state index < -0.39 is 72.3 Å². The van der Waals surface area contributed by atoms with Crippen molar-refractivity contribution in [2.45, 2.75) is 24.4 Å². The lowest BCUT2D eigenvalue weighted by Gasteiger charge is -2.23. The number of phosphoric ester groups is 1. The maximum Gasteiger partial charge on any atom is 0.490 e. The molecule has 1 saturated heterocycles. The Balaban J connectivity index is 2.00. The number of ether oxygens (including phenoxy) is 1. The molecule has 2 aliphatic rings. The molecule has 0 saturated carbocycles. The van der Waals surface area contributed by atoms with Crippen LogP contribution in [0.5, 0.6) is 0 Å². The smallest absolute Gasteiger partial charge is 0.388 e. The summed E-state index contributed by atoms with van der Waals surface area (Å²) in [5.41, 5.74) is 0. The third-order valence-corrected chi connectivity index (χ3v) is 7.26. The number of hydrogen-bond acceptors (Lipinski definition) is 11. The Morgan fingerprint density at radius 1 is 1.03 bits per heavy atom. The lowest BCUT2D eigenvalue weighted by atomic mass is 9.95. The molecule has 2 rings (SSSR count). The molecule has 17 nitrogen and oxygen atoms in total. The highest BCUT2D eigenvalue weighted by molar-refractivity contribution is 7.66. The first kappa shape index (κ1) is 24.4. The minimum absolute atomic E-state index is 0.868. The Morgan fingerprint density at radius 3 is 2.21 bits per heavy atom. The zero-order valence-corrected chi connectivity index (χ0v) is 16.5. The minimum Gasteiger partial charge on any atom is -0.388 e. The topological polar surface area (TPSA) is 268 Å².